The third-order valence-corrected chi connectivity index (χ3v) is 3.46. The molecule has 0 saturated heterocycles. The number of ether oxygens (including phenoxy) is 1. The SMILES string of the molecule is NS(=O)(=O)c1cscc1C(=O)OCCCl. The van der Waals surface area contributed by atoms with E-state index in [1.807, 2.05) is 0 Å². The summed E-state index contributed by atoms with van der Waals surface area (Å²) < 4.78 is 26.8. The van der Waals surface area contributed by atoms with E-state index < -0.39 is 16.0 Å². The van der Waals surface area contributed by atoms with E-state index in [1.54, 1.807) is 0 Å². The molecule has 0 aliphatic rings. The number of primary sulfonamides is 1. The molecule has 0 aliphatic carbocycles. The Morgan fingerprint density at radius 3 is 2.73 bits per heavy atom. The Hall–Kier alpha value is -0.630. The Labute approximate surface area is 95.8 Å². The number of carbonyl (C=O) groups is 1. The lowest BCUT2D eigenvalue weighted by Gasteiger charge is -2.02. The normalized spacial score (nSPS) is 11.3. The number of rotatable bonds is 4. The van der Waals surface area contributed by atoms with Crippen molar-refractivity contribution >= 4 is 38.9 Å². The van der Waals surface area contributed by atoms with Crippen molar-refractivity contribution in [1.82, 2.24) is 0 Å². The van der Waals surface area contributed by atoms with E-state index >= 15 is 0 Å². The second-order valence-corrected chi connectivity index (χ2v) is 5.17. The fourth-order valence-corrected chi connectivity index (χ4v) is 2.85. The summed E-state index contributed by atoms with van der Waals surface area (Å²) in [7, 11) is -3.88. The van der Waals surface area contributed by atoms with Gasteiger partial charge in [0.05, 0.1) is 11.4 Å². The minimum absolute atomic E-state index is 0.0281. The molecule has 2 N–H and O–H groups in total. The van der Waals surface area contributed by atoms with Crippen molar-refractivity contribution in [3.8, 4) is 0 Å². The topological polar surface area (TPSA) is 86.5 Å². The van der Waals surface area contributed by atoms with Gasteiger partial charge in [-0.05, 0) is 0 Å². The van der Waals surface area contributed by atoms with Crippen LogP contribution in [0.5, 0.6) is 0 Å². The third kappa shape index (κ3) is 3.16. The molecule has 0 spiro atoms. The third-order valence-electron chi connectivity index (χ3n) is 1.46. The van der Waals surface area contributed by atoms with Gasteiger partial charge in [0.1, 0.15) is 11.5 Å². The van der Waals surface area contributed by atoms with Gasteiger partial charge in [0.2, 0.25) is 10.0 Å². The first-order valence-corrected chi connectivity index (χ1v) is 6.81. The Morgan fingerprint density at radius 1 is 1.53 bits per heavy atom. The Balaban J connectivity index is 2.96. The van der Waals surface area contributed by atoms with Crippen LogP contribution >= 0.6 is 22.9 Å². The molecule has 8 heteroatoms. The summed E-state index contributed by atoms with van der Waals surface area (Å²) in [4.78, 5) is 11.1. The van der Waals surface area contributed by atoms with Gasteiger partial charge in [0, 0.05) is 10.8 Å². The lowest BCUT2D eigenvalue weighted by Crippen LogP contribution is -2.16. The number of thiophene rings is 1. The van der Waals surface area contributed by atoms with Gasteiger partial charge in [-0.15, -0.1) is 11.6 Å². The summed E-state index contributed by atoms with van der Waals surface area (Å²) in [5.41, 5.74) is -0.0485. The predicted molar refractivity (Wildman–Crippen MR) is 56.7 cm³/mol. The molecule has 15 heavy (non-hydrogen) atoms. The molecule has 1 rings (SSSR count). The summed E-state index contributed by atoms with van der Waals surface area (Å²) in [5.74, 6) is -0.582. The standard InChI is InChI=1S/C7H8ClNO4S2/c8-1-2-13-7(10)5-3-14-4-6(5)15(9,11)12/h3-4H,1-2H2,(H2,9,11,12). The number of alkyl halides is 1. The van der Waals surface area contributed by atoms with Crippen molar-refractivity contribution in [3.05, 3.63) is 16.3 Å². The molecule has 1 aromatic heterocycles. The molecule has 0 atom stereocenters. The maximum absolute atomic E-state index is 11.3. The van der Waals surface area contributed by atoms with Gasteiger partial charge in [0.15, 0.2) is 0 Å². The van der Waals surface area contributed by atoms with Crippen LogP contribution < -0.4 is 5.14 Å². The Morgan fingerprint density at radius 2 is 2.20 bits per heavy atom. The average molecular weight is 270 g/mol. The van der Waals surface area contributed by atoms with Crippen LogP contribution in [0.25, 0.3) is 0 Å². The first kappa shape index (κ1) is 12.4. The summed E-state index contributed by atoms with van der Waals surface area (Å²) in [6.07, 6.45) is 0. The zero-order chi connectivity index (χ0) is 11.5. The molecule has 1 aromatic rings. The van der Waals surface area contributed by atoms with Crippen molar-refractivity contribution in [2.75, 3.05) is 12.5 Å². The summed E-state index contributed by atoms with van der Waals surface area (Å²) >= 11 is 6.38. The lowest BCUT2D eigenvalue weighted by molar-refractivity contribution is 0.0525. The maximum atomic E-state index is 11.3. The van der Waals surface area contributed by atoms with E-state index in [0.29, 0.717) is 0 Å². The van der Waals surface area contributed by atoms with E-state index in [0.717, 1.165) is 11.3 Å². The van der Waals surface area contributed by atoms with Gasteiger partial charge in [0.25, 0.3) is 0 Å². The molecular weight excluding hydrogens is 262 g/mol. The molecule has 0 bridgehead atoms. The van der Waals surface area contributed by atoms with Crippen molar-refractivity contribution in [2.24, 2.45) is 5.14 Å². The molecule has 84 valence electrons. The molecule has 0 aromatic carbocycles. The van der Waals surface area contributed by atoms with Gasteiger partial charge in [-0.25, -0.2) is 18.4 Å². The van der Waals surface area contributed by atoms with E-state index in [9.17, 15) is 13.2 Å². The van der Waals surface area contributed by atoms with E-state index in [4.69, 9.17) is 16.7 Å². The zero-order valence-electron chi connectivity index (χ0n) is 7.47. The summed E-state index contributed by atoms with van der Waals surface area (Å²) in [6, 6.07) is 0. The van der Waals surface area contributed by atoms with Crippen LogP contribution in [-0.2, 0) is 14.8 Å². The van der Waals surface area contributed by atoms with E-state index in [1.165, 1.54) is 10.8 Å². The summed E-state index contributed by atoms with van der Waals surface area (Å²) in [5, 5.41) is 7.57. The molecular formula is C7H8ClNO4S2. The highest BCUT2D eigenvalue weighted by atomic mass is 35.5. The quantitative estimate of drug-likeness (QED) is 0.647. The van der Waals surface area contributed by atoms with Crippen LogP contribution in [0, 0.1) is 0 Å². The summed E-state index contributed by atoms with van der Waals surface area (Å²) in [6.45, 7) is 0.0281. The molecule has 0 saturated carbocycles. The molecule has 0 fully saturated rings. The Kier molecular flexibility index (Phi) is 4.09. The molecule has 0 aliphatic heterocycles. The van der Waals surface area contributed by atoms with Gasteiger partial charge in [-0.2, -0.15) is 11.3 Å². The number of sulfonamides is 1. The van der Waals surface area contributed by atoms with Gasteiger partial charge >= 0.3 is 5.97 Å². The van der Waals surface area contributed by atoms with Gasteiger partial charge < -0.3 is 4.74 Å². The Bertz CT molecular complexity index is 453. The van der Waals surface area contributed by atoms with E-state index in [-0.39, 0.29) is 22.9 Å². The highest BCUT2D eigenvalue weighted by Crippen LogP contribution is 2.20. The first-order valence-electron chi connectivity index (χ1n) is 3.79. The van der Waals surface area contributed by atoms with Crippen molar-refractivity contribution in [2.45, 2.75) is 4.90 Å². The van der Waals surface area contributed by atoms with Crippen LogP contribution in [0.4, 0.5) is 0 Å². The largest absolute Gasteiger partial charge is 0.461 e. The number of esters is 1. The van der Waals surface area contributed by atoms with Crippen LogP contribution in [0.1, 0.15) is 10.4 Å². The van der Waals surface area contributed by atoms with Gasteiger partial charge in [-0.3, -0.25) is 0 Å². The number of hydrogen-bond donors (Lipinski definition) is 1. The second-order valence-electron chi connectivity index (χ2n) is 2.52. The lowest BCUT2D eigenvalue weighted by atomic mass is 10.3. The molecule has 1 heterocycles. The monoisotopic (exact) mass is 269 g/mol. The fourth-order valence-electron chi connectivity index (χ4n) is 0.863. The van der Waals surface area contributed by atoms with Crippen LogP contribution in [0.15, 0.2) is 15.7 Å². The van der Waals surface area contributed by atoms with E-state index in [2.05, 4.69) is 4.74 Å². The minimum Gasteiger partial charge on any atom is -0.461 e. The molecule has 0 unspecified atom stereocenters. The number of halogens is 1. The van der Waals surface area contributed by atoms with Crippen LogP contribution in [-0.4, -0.2) is 26.9 Å². The number of carbonyl (C=O) groups excluding carboxylic acids is 1. The predicted octanol–water partition coefficient (Wildman–Crippen LogP) is 0.791. The second kappa shape index (κ2) is 4.93. The van der Waals surface area contributed by atoms with Crippen molar-refractivity contribution in [3.63, 3.8) is 0 Å². The van der Waals surface area contributed by atoms with Gasteiger partial charge in [-0.1, -0.05) is 0 Å². The first-order chi connectivity index (χ1) is 6.96. The fraction of sp³-hybridized carbons (Fsp3) is 0.286. The van der Waals surface area contributed by atoms with Crippen molar-refractivity contribution in [1.29, 1.82) is 0 Å². The molecule has 0 radical (unpaired) electrons. The van der Waals surface area contributed by atoms with Crippen LogP contribution in [0.3, 0.4) is 0 Å². The number of nitrogens with two attached hydrogens (primary N) is 1. The highest BCUT2D eigenvalue weighted by molar-refractivity contribution is 7.89. The molecule has 0 amide bonds. The highest BCUT2D eigenvalue weighted by Gasteiger charge is 2.21. The zero-order valence-corrected chi connectivity index (χ0v) is 9.86. The average Bonchev–Trinajstić information content (AvgIpc) is 2.61. The van der Waals surface area contributed by atoms with Crippen molar-refractivity contribution < 1.29 is 17.9 Å². The maximum Gasteiger partial charge on any atom is 0.340 e. The smallest absolute Gasteiger partial charge is 0.340 e. The number of hydrogen-bond acceptors (Lipinski definition) is 5. The molecule has 5 nitrogen and oxygen atoms in total. The minimum atomic E-state index is -3.88. The van der Waals surface area contributed by atoms with Crippen LogP contribution in [0.2, 0.25) is 0 Å².